The summed E-state index contributed by atoms with van der Waals surface area (Å²) in [4.78, 5) is 11.5. The van der Waals surface area contributed by atoms with Crippen LogP contribution in [0, 0.1) is 0 Å². The third-order valence-electron chi connectivity index (χ3n) is 4.83. The molecule has 4 rings (SSSR count). The fourth-order valence-corrected chi connectivity index (χ4v) is 3.36. The number of aliphatic hydroxyl groups is 1. The van der Waals surface area contributed by atoms with Crippen LogP contribution in [0.25, 0.3) is 21.5 Å². The Hall–Kier alpha value is -3.83. The summed E-state index contributed by atoms with van der Waals surface area (Å²) in [7, 11) is 0. The molecule has 4 aromatic carbocycles. The van der Waals surface area contributed by atoms with E-state index in [1.165, 1.54) is 0 Å². The molecule has 5 nitrogen and oxygen atoms in total. The van der Waals surface area contributed by atoms with Crippen LogP contribution in [0.3, 0.4) is 0 Å². The molecule has 0 bridgehead atoms. The van der Waals surface area contributed by atoms with Gasteiger partial charge in [0.05, 0.1) is 6.61 Å². The summed E-state index contributed by atoms with van der Waals surface area (Å²) in [6.07, 6.45) is 0.256. The van der Waals surface area contributed by atoms with Crippen molar-refractivity contribution < 1.29 is 24.1 Å². The highest BCUT2D eigenvalue weighted by molar-refractivity contribution is 6.05. The molecule has 0 radical (unpaired) electrons. The van der Waals surface area contributed by atoms with E-state index in [9.17, 15) is 9.90 Å². The third-order valence-corrected chi connectivity index (χ3v) is 4.83. The number of hydrogen-bond donors (Lipinski definition) is 1. The number of fused-ring (bicyclic) bond motifs is 2. The van der Waals surface area contributed by atoms with E-state index >= 15 is 0 Å². The molecule has 5 heteroatoms. The molecular weight excluding hydrogens is 392 g/mol. The van der Waals surface area contributed by atoms with Gasteiger partial charge in [-0.25, -0.2) is 4.79 Å². The number of esters is 1. The minimum Gasteiger partial charge on any atom is -0.488 e. The Morgan fingerprint density at radius 1 is 0.903 bits per heavy atom. The summed E-state index contributed by atoms with van der Waals surface area (Å²) in [5.41, 5.74) is 0. The number of para-hydroxylation sites is 1. The zero-order valence-electron chi connectivity index (χ0n) is 16.9. The summed E-state index contributed by atoms with van der Waals surface area (Å²) in [5.74, 6) is 1.45. The van der Waals surface area contributed by atoms with Crippen LogP contribution >= 0.6 is 0 Å². The summed E-state index contributed by atoms with van der Waals surface area (Å²) in [6, 6.07) is 25.3. The second-order valence-corrected chi connectivity index (χ2v) is 6.98. The first kappa shape index (κ1) is 20.4. The van der Waals surface area contributed by atoms with Crippen molar-refractivity contribution >= 4 is 27.5 Å². The zero-order chi connectivity index (χ0) is 21.6. The molecule has 0 aromatic heterocycles. The lowest BCUT2D eigenvalue weighted by atomic mass is 10.0. The maximum Gasteiger partial charge on any atom is 0.330 e. The van der Waals surface area contributed by atoms with Crippen LogP contribution in [0.15, 0.2) is 91.5 Å². The average molecular weight is 414 g/mol. The highest BCUT2D eigenvalue weighted by Gasteiger charge is 2.16. The van der Waals surface area contributed by atoms with Crippen molar-refractivity contribution in [1.29, 1.82) is 0 Å². The Bertz CT molecular complexity index is 1220. The van der Waals surface area contributed by atoms with Gasteiger partial charge in [-0.3, -0.25) is 0 Å². The van der Waals surface area contributed by atoms with Gasteiger partial charge >= 0.3 is 5.97 Å². The van der Waals surface area contributed by atoms with Gasteiger partial charge in [0.15, 0.2) is 6.10 Å². The van der Waals surface area contributed by atoms with E-state index in [1.54, 1.807) is 0 Å². The minimum atomic E-state index is -0.803. The van der Waals surface area contributed by atoms with Crippen molar-refractivity contribution in [3.8, 4) is 17.2 Å². The fourth-order valence-electron chi connectivity index (χ4n) is 3.36. The van der Waals surface area contributed by atoms with E-state index in [0.29, 0.717) is 11.5 Å². The van der Waals surface area contributed by atoms with E-state index in [0.717, 1.165) is 33.4 Å². The third kappa shape index (κ3) is 4.68. The number of benzene rings is 4. The van der Waals surface area contributed by atoms with Crippen LogP contribution in [0.2, 0.25) is 0 Å². The molecule has 0 fully saturated rings. The molecule has 31 heavy (non-hydrogen) atoms. The predicted octanol–water partition coefficient (Wildman–Crippen LogP) is 5.25. The van der Waals surface area contributed by atoms with Crippen molar-refractivity contribution in [2.75, 3.05) is 13.2 Å². The molecule has 0 heterocycles. The normalized spacial score (nSPS) is 11.8. The first-order valence-corrected chi connectivity index (χ1v) is 9.93. The maximum absolute atomic E-state index is 11.5. The number of aliphatic hydroxyl groups excluding tert-OH is 1. The number of hydrogen-bond acceptors (Lipinski definition) is 5. The summed E-state index contributed by atoms with van der Waals surface area (Å²) < 4.78 is 17.2. The van der Waals surface area contributed by atoms with Crippen molar-refractivity contribution in [2.45, 2.75) is 6.10 Å². The lowest BCUT2D eigenvalue weighted by molar-refractivity contribution is -0.146. The van der Waals surface area contributed by atoms with Crippen LogP contribution in [-0.2, 0) is 9.53 Å². The van der Waals surface area contributed by atoms with Crippen LogP contribution in [0.4, 0.5) is 0 Å². The molecule has 1 atom stereocenters. The van der Waals surface area contributed by atoms with Gasteiger partial charge in [-0.15, -0.1) is 0 Å². The number of rotatable bonds is 8. The Morgan fingerprint density at radius 2 is 1.65 bits per heavy atom. The van der Waals surface area contributed by atoms with E-state index in [1.807, 2.05) is 72.8 Å². The Morgan fingerprint density at radius 3 is 2.42 bits per heavy atom. The van der Waals surface area contributed by atoms with Gasteiger partial charge in [0.1, 0.15) is 23.9 Å². The van der Waals surface area contributed by atoms with Gasteiger partial charge < -0.3 is 19.3 Å². The standard InChI is InChI=1S/C26H22O5/c1-2-25(28)31-22(16-27)17-29-26-23-11-7-6-8-18(23)14-19-12-13-21(15-24(19)26)30-20-9-4-3-5-10-20/h2-15,22,27H,1,16-17H2. The molecule has 0 aliphatic heterocycles. The van der Waals surface area contributed by atoms with Crippen LogP contribution < -0.4 is 9.47 Å². The second kappa shape index (κ2) is 9.32. The lowest BCUT2D eigenvalue weighted by Crippen LogP contribution is -2.27. The summed E-state index contributed by atoms with van der Waals surface area (Å²) >= 11 is 0. The van der Waals surface area contributed by atoms with Crippen molar-refractivity contribution in [3.63, 3.8) is 0 Å². The Balaban J connectivity index is 1.73. The molecular formula is C26H22O5. The first-order valence-electron chi connectivity index (χ1n) is 9.93. The molecule has 0 saturated heterocycles. The van der Waals surface area contributed by atoms with E-state index in [4.69, 9.17) is 14.2 Å². The second-order valence-electron chi connectivity index (χ2n) is 6.98. The van der Waals surface area contributed by atoms with Crippen LogP contribution in [0.5, 0.6) is 17.2 Å². The largest absolute Gasteiger partial charge is 0.488 e. The highest BCUT2D eigenvalue weighted by Crippen LogP contribution is 2.37. The smallest absolute Gasteiger partial charge is 0.330 e. The molecule has 1 unspecified atom stereocenters. The highest BCUT2D eigenvalue weighted by atomic mass is 16.6. The van der Waals surface area contributed by atoms with Gasteiger partial charge in [-0.1, -0.05) is 55.1 Å². The Kier molecular flexibility index (Phi) is 6.15. The van der Waals surface area contributed by atoms with Crippen molar-refractivity contribution in [1.82, 2.24) is 0 Å². The minimum absolute atomic E-state index is 0.00293. The van der Waals surface area contributed by atoms with Crippen LogP contribution in [0.1, 0.15) is 0 Å². The van der Waals surface area contributed by atoms with E-state index < -0.39 is 12.1 Å². The Labute approximate surface area is 180 Å². The van der Waals surface area contributed by atoms with Gasteiger partial charge in [0.25, 0.3) is 0 Å². The summed E-state index contributed by atoms with van der Waals surface area (Å²) in [6.45, 7) is 3.03. The molecule has 0 aliphatic carbocycles. The molecule has 0 saturated carbocycles. The predicted molar refractivity (Wildman–Crippen MR) is 121 cm³/mol. The zero-order valence-corrected chi connectivity index (χ0v) is 16.9. The number of carbonyl (C=O) groups is 1. The van der Waals surface area contributed by atoms with E-state index in [-0.39, 0.29) is 13.2 Å². The molecule has 1 N–H and O–H groups in total. The van der Waals surface area contributed by atoms with E-state index in [2.05, 4.69) is 12.6 Å². The van der Waals surface area contributed by atoms with Gasteiger partial charge in [-0.05, 0) is 41.1 Å². The SMILES string of the molecule is C=CC(=O)OC(CO)COc1c2ccccc2cc2ccc(Oc3ccccc3)cc12. The van der Waals surface area contributed by atoms with Crippen molar-refractivity contribution in [3.05, 3.63) is 91.5 Å². The monoisotopic (exact) mass is 414 g/mol. The number of ether oxygens (including phenoxy) is 3. The topological polar surface area (TPSA) is 65.0 Å². The fraction of sp³-hybridized carbons (Fsp3) is 0.115. The van der Waals surface area contributed by atoms with Gasteiger partial charge in [-0.2, -0.15) is 0 Å². The molecule has 0 spiro atoms. The summed E-state index contributed by atoms with van der Waals surface area (Å²) in [5, 5.41) is 13.4. The molecule has 156 valence electrons. The first-order chi connectivity index (χ1) is 15.2. The van der Waals surface area contributed by atoms with Crippen molar-refractivity contribution in [2.24, 2.45) is 0 Å². The average Bonchev–Trinajstić information content (AvgIpc) is 2.81. The quantitative estimate of drug-likeness (QED) is 0.242. The van der Waals surface area contributed by atoms with Crippen LogP contribution in [-0.4, -0.2) is 30.4 Å². The number of carbonyl (C=O) groups excluding carboxylic acids is 1. The van der Waals surface area contributed by atoms with Gasteiger partial charge in [0.2, 0.25) is 0 Å². The maximum atomic E-state index is 11.5. The molecule has 0 aliphatic rings. The lowest BCUT2D eigenvalue weighted by Gasteiger charge is -2.18. The molecule has 0 amide bonds. The van der Waals surface area contributed by atoms with Gasteiger partial charge in [0, 0.05) is 16.8 Å². The molecule has 4 aromatic rings.